The van der Waals surface area contributed by atoms with E-state index in [1.54, 1.807) is 6.08 Å². The number of anilines is 2. The number of para-hydroxylation sites is 1. The van der Waals surface area contributed by atoms with E-state index in [-0.39, 0.29) is 5.91 Å². The van der Waals surface area contributed by atoms with Gasteiger partial charge in [0.25, 0.3) is 11.8 Å². The molecule has 0 aliphatic carbocycles. The van der Waals surface area contributed by atoms with Crippen LogP contribution in [0.25, 0.3) is 0 Å². The predicted octanol–water partition coefficient (Wildman–Crippen LogP) is 3.33. The maximum atomic E-state index is 13.7. The van der Waals surface area contributed by atoms with Gasteiger partial charge in [-0.25, -0.2) is 0 Å². The van der Waals surface area contributed by atoms with Gasteiger partial charge in [0.05, 0.1) is 12.1 Å². The Balaban J connectivity index is 1.47. The summed E-state index contributed by atoms with van der Waals surface area (Å²) in [6.45, 7) is 1.86. The number of nitrogens with zero attached hydrogens (tertiary/aromatic N) is 4. The maximum absolute atomic E-state index is 13.7. The summed E-state index contributed by atoms with van der Waals surface area (Å²) in [5.41, 5.74) is 10.7. The summed E-state index contributed by atoms with van der Waals surface area (Å²) in [7, 11) is 3.77. The normalized spacial score (nSPS) is 15.0. The third kappa shape index (κ3) is 3.75. The summed E-state index contributed by atoms with van der Waals surface area (Å²) >= 11 is 0. The minimum absolute atomic E-state index is 0.0478. The molecule has 0 bridgehead atoms. The molecular weight excluding hydrogens is 426 g/mol. The van der Waals surface area contributed by atoms with Crippen molar-refractivity contribution in [2.45, 2.75) is 13.1 Å². The molecule has 0 saturated heterocycles. The number of carbonyl (C=O) groups is 2. The van der Waals surface area contributed by atoms with E-state index in [4.69, 9.17) is 5.73 Å². The Labute approximate surface area is 199 Å². The number of rotatable bonds is 4. The number of aromatic nitrogens is 1. The average molecular weight is 454 g/mol. The number of benzene rings is 2. The van der Waals surface area contributed by atoms with Gasteiger partial charge in [-0.1, -0.05) is 24.3 Å². The molecule has 5 rings (SSSR count). The fraction of sp³-hybridized carbons (Fsp3) is 0.185. The van der Waals surface area contributed by atoms with Gasteiger partial charge in [0.1, 0.15) is 5.82 Å². The van der Waals surface area contributed by atoms with Crippen molar-refractivity contribution in [3.05, 3.63) is 107 Å². The number of nitrogens with two attached hydrogens (primary N) is 1. The van der Waals surface area contributed by atoms with Crippen molar-refractivity contribution < 1.29 is 9.59 Å². The van der Waals surface area contributed by atoms with Crippen LogP contribution in [-0.4, -0.2) is 41.9 Å². The molecule has 0 unspecified atom stereocenters. The van der Waals surface area contributed by atoms with Crippen LogP contribution in [0, 0.1) is 0 Å². The lowest BCUT2D eigenvalue weighted by Gasteiger charge is -2.34. The van der Waals surface area contributed by atoms with E-state index in [2.05, 4.69) is 22.9 Å². The lowest BCUT2D eigenvalue weighted by molar-refractivity contribution is -0.114. The fourth-order valence-electron chi connectivity index (χ4n) is 4.69. The molecule has 2 N–H and O–H groups in total. The quantitative estimate of drug-likeness (QED) is 0.658. The first-order chi connectivity index (χ1) is 16.4. The van der Waals surface area contributed by atoms with Gasteiger partial charge in [-0.05, 0) is 54.1 Å². The van der Waals surface area contributed by atoms with Crippen molar-refractivity contribution in [1.82, 2.24) is 9.47 Å². The second-order valence-electron chi connectivity index (χ2n) is 8.70. The van der Waals surface area contributed by atoms with Crippen molar-refractivity contribution in [3.63, 3.8) is 0 Å². The van der Waals surface area contributed by atoms with Crippen molar-refractivity contribution in [3.8, 4) is 0 Å². The number of carbonyl (C=O) groups excluding carboxylic acids is 2. The van der Waals surface area contributed by atoms with Crippen LogP contribution in [0.5, 0.6) is 0 Å². The van der Waals surface area contributed by atoms with E-state index < -0.39 is 5.91 Å². The van der Waals surface area contributed by atoms with E-state index in [1.165, 1.54) is 0 Å². The van der Waals surface area contributed by atoms with Crippen LogP contribution in [0.4, 0.5) is 11.4 Å². The highest BCUT2D eigenvalue weighted by Crippen LogP contribution is 2.30. The highest BCUT2D eigenvalue weighted by Gasteiger charge is 2.26. The maximum Gasteiger partial charge on any atom is 0.258 e. The van der Waals surface area contributed by atoms with Gasteiger partial charge in [-0.2, -0.15) is 0 Å². The second kappa shape index (κ2) is 8.59. The van der Waals surface area contributed by atoms with Gasteiger partial charge in [-0.3, -0.25) is 9.59 Å². The van der Waals surface area contributed by atoms with Gasteiger partial charge in [0, 0.05) is 56.0 Å². The molecule has 0 fully saturated rings. The Morgan fingerprint density at radius 1 is 0.941 bits per heavy atom. The first kappa shape index (κ1) is 21.6. The molecule has 0 saturated carbocycles. The number of amides is 2. The van der Waals surface area contributed by atoms with Crippen LogP contribution >= 0.6 is 0 Å². The standard InChI is InChI=1S/C27H27N5O2/c1-29(2)26-23(25(28)33)9-6-16-31(26)21-13-11-19(12-14-21)27(34)32-18-22-8-5-15-30(22)17-20-7-3-4-10-24(20)32/h3-15H,16-18H2,1-2H3,(H2,28,33). The van der Waals surface area contributed by atoms with Crippen LogP contribution in [0.1, 0.15) is 21.6 Å². The highest BCUT2D eigenvalue weighted by atomic mass is 16.2. The largest absolute Gasteiger partial charge is 0.365 e. The van der Waals surface area contributed by atoms with Crippen molar-refractivity contribution in [1.29, 1.82) is 0 Å². The number of fused-ring (bicyclic) bond motifs is 2. The zero-order chi connectivity index (χ0) is 23.8. The Hall–Kier alpha value is -4.26. The summed E-state index contributed by atoms with van der Waals surface area (Å²) in [5.74, 6) is 0.214. The zero-order valence-electron chi connectivity index (χ0n) is 19.3. The SMILES string of the molecule is CN(C)C1=C(C(N)=O)C=CCN1c1ccc(C(=O)N2Cc3cccn3Cc3ccccc32)cc1. The summed E-state index contributed by atoms with van der Waals surface area (Å²) < 4.78 is 2.19. The summed E-state index contributed by atoms with van der Waals surface area (Å²) in [6.07, 6.45) is 5.73. The third-order valence-corrected chi connectivity index (χ3v) is 6.30. The molecular formula is C27H27N5O2. The molecule has 1 aromatic heterocycles. The predicted molar refractivity (Wildman–Crippen MR) is 133 cm³/mol. The lowest BCUT2D eigenvalue weighted by atomic mass is 10.1. The first-order valence-electron chi connectivity index (χ1n) is 11.2. The van der Waals surface area contributed by atoms with E-state index in [0.717, 1.165) is 35.0 Å². The van der Waals surface area contributed by atoms with Crippen molar-refractivity contribution in [2.75, 3.05) is 30.4 Å². The highest BCUT2D eigenvalue weighted by molar-refractivity contribution is 6.06. The van der Waals surface area contributed by atoms with Gasteiger partial charge >= 0.3 is 0 Å². The minimum atomic E-state index is -0.471. The van der Waals surface area contributed by atoms with Crippen LogP contribution in [-0.2, 0) is 17.9 Å². The van der Waals surface area contributed by atoms with E-state index >= 15 is 0 Å². The fourth-order valence-corrected chi connectivity index (χ4v) is 4.69. The molecule has 172 valence electrons. The Morgan fingerprint density at radius 3 is 2.44 bits per heavy atom. The first-order valence-corrected chi connectivity index (χ1v) is 11.2. The molecule has 2 aromatic carbocycles. The van der Waals surface area contributed by atoms with Crippen LogP contribution in [0.15, 0.2) is 90.4 Å². The van der Waals surface area contributed by atoms with Gasteiger partial charge in [0.15, 0.2) is 0 Å². The van der Waals surface area contributed by atoms with E-state index in [9.17, 15) is 9.59 Å². The molecule has 2 aliphatic rings. The van der Waals surface area contributed by atoms with Gasteiger partial charge in [0.2, 0.25) is 0 Å². The Morgan fingerprint density at radius 2 is 1.71 bits per heavy atom. The molecule has 7 nitrogen and oxygen atoms in total. The minimum Gasteiger partial charge on any atom is -0.365 e. The summed E-state index contributed by atoms with van der Waals surface area (Å²) in [6, 6.07) is 19.7. The molecule has 0 radical (unpaired) electrons. The number of hydrogen-bond acceptors (Lipinski definition) is 4. The lowest BCUT2D eigenvalue weighted by Crippen LogP contribution is -2.37. The topological polar surface area (TPSA) is 74.8 Å². The van der Waals surface area contributed by atoms with Crippen LogP contribution in [0.2, 0.25) is 0 Å². The average Bonchev–Trinajstić information content (AvgIpc) is 3.22. The van der Waals surface area contributed by atoms with Gasteiger partial charge in [-0.15, -0.1) is 0 Å². The van der Waals surface area contributed by atoms with Crippen LogP contribution in [0.3, 0.4) is 0 Å². The molecule has 0 spiro atoms. The molecule has 3 heterocycles. The molecule has 2 amide bonds. The molecule has 0 atom stereocenters. The third-order valence-electron chi connectivity index (χ3n) is 6.30. The van der Waals surface area contributed by atoms with E-state index in [1.807, 2.05) is 83.4 Å². The van der Waals surface area contributed by atoms with E-state index in [0.29, 0.717) is 24.2 Å². The summed E-state index contributed by atoms with van der Waals surface area (Å²) in [4.78, 5) is 31.4. The molecule has 34 heavy (non-hydrogen) atoms. The number of hydrogen-bond donors (Lipinski definition) is 1. The van der Waals surface area contributed by atoms with Crippen LogP contribution < -0.4 is 15.5 Å². The van der Waals surface area contributed by atoms with Gasteiger partial charge < -0.3 is 25.0 Å². The zero-order valence-corrected chi connectivity index (χ0v) is 19.3. The molecule has 3 aromatic rings. The van der Waals surface area contributed by atoms with Crippen molar-refractivity contribution >= 4 is 23.2 Å². The summed E-state index contributed by atoms with van der Waals surface area (Å²) in [5, 5.41) is 0. The molecule has 7 heteroatoms. The Bertz CT molecular complexity index is 1320. The smallest absolute Gasteiger partial charge is 0.258 e. The Kier molecular flexibility index (Phi) is 5.45. The molecule has 2 aliphatic heterocycles. The monoisotopic (exact) mass is 453 g/mol. The van der Waals surface area contributed by atoms with Crippen molar-refractivity contribution in [2.24, 2.45) is 5.73 Å². The number of primary amides is 1. The second-order valence-corrected chi connectivity index (χ2v) is 8.70.